The van der Waals surface area contributed by atoms with Crippen molar-refractivity contribution in [2.45, 2.75) is 59.8 Å². The van der Waals surface area contributed by atoms with Gasteiger partial charge >= 0.3 is 0 Å². The standard InChI is InChI=1S/C26H33FN2O2S/c1-16-8-7-13-29(15-16)25(31)22-19-12-11-17(26(2,3)4)14-21(19)32-24(22)28-23(30)18-9-5-6-10-20(18)27/h5-6,9-10,16-17H,7-8,11-15H2,1-4H3,(H,28,30)/t16-,17-/m1/s1. The van der Waals surface area contributed by atoms with Crippen molar-refractivity contribution in [2.75, 3.05) is 18.4 Å². The molecule has 4 rings (SSSR count). The van der Waals surface area contributed by atoms with Gasteiger partial charge in [0.1, 0.15) is 10.8 Å². The van der Waals surface area contributed by atoms with E-state index in [0.29, 0.717) is 22.4 Å². The van der Waals surface area contributed by atoms with Crippen molar-refractivity contribution >= 4 is 28.2 Å². The number of benzene rings is 1. The molecular weight excluding hydrogens is 423 g/mol. The number of carbonyl (C=O) groups is 2. The number of carbonyl (C=O) groups excluding carboxylic acids is 2. The van der Waals surface area contributed by atoms with Gasteiger partial charge in [0, 0.05) is 18.0 Å². The van der Waals surface area contributed by atoms with E-state index < -0.39 is 11.7 Å². The van der Waals surface area contributed by atoms with E-state index in [2.05, 4.69) is 33.0 Å². The highest BCUT2D eigenvalue weighted by atomic mass is 32.1. The highest BCUT2D eigenvalue weighted by Gasteiger charge is 2.36. The topological polar surface area (TPSA) is 49.4 Å². The molecule has 6 heteroatoms. The largest absolute Gasteiger partial charge is 0.338 e. The monoisotopic (exact) mass is 456 g/mol. The van der Waals surface area contributed by atoms with Gasteiger partial charge in [-0.05, 0) is 67.1 Å². The van der Waals surface area contributed by atoms with Gasteiger partial charge in [0.2, 0.25) is 0 Å². The molecule has 1 aliphatic carbocycles. The SMILES string of the molecule is C[C@@H]1CCCN(C(=O)c2c(NC(=O)c3ccccc3F)sc3c2CC[C@@H](C(C)(C)C)C3)C1. The lowest BCUT2D eigenvalue weighted by molar-refractivity contribution is 0.0683. The second-order valence-corrected chi connectivity index (χ2v) is 11.6. The van der Waals surface area contributed by atoms with Gasteiger partial charge in [-0.1, -0.05) is 39.8 Å². The first kappa shape index (κ1) is 23.0. The molecule has 172 valence electrons. The van der Waals surface area contributed by atoms with Gasteiger partial charge in [0.05, 0.1) is 11.1 Å². The van der Waals surface area contributed by atoms with Crippen LogP contribution in [0, 0.1) is 23.1 Å². The Morgan fingerprint density at radius 3 is 2.62 bits per heavy atom. The lowest BCUT2D eigenvalue weighted by atomic mass is 9.72. The van der Waals surface area contributed by atoms with Crippen molar-refractivity contribution in [3.8, 4) is 0 Å². The summed E-state index contributed by atoms with van der Waals surface area (Å²) in [5.74, 6) is -0.0512. The zero-order valence-electron chi connectivity index (χ0n) is 19.5. The molecule has 32 heavy (non-hydrogen) atoms. The van der Waals surface area contributed by atoms with Crippen molar-refractivity contribution in [3.63, 3.8) is 0 Å². The summed E-state index contributed by atoms with van der Waals surface area (Å²) >= 11 is 1.50. The normalized spacial score (nSPS) is 21.2. The predicted molar refractivity (Wildman–Crippen MR) is 128 cm³/mol. The molecule has 0 spiro atoms. The quantitative estimate of drug-likeness (QED) is 0.601. The van der Waals surface area contributed by atoms with Gasteiger partial charge in [-0.2, -0.15) is 0 Å². The Morgan fingerprint density at radius 1 is 1.19 bits per heavy atom. The number of rotatable bonds is 3. The average molecular weight is 457 g/mol. The first-order valence-corrected chi connectivity index (χ1v) is 12.5. The summed E-state index contributed by atoms with van der Waals surface area (Å²) in [6, 6.07) is 5.97. The molecule has 4 nitrogen and oxygen atoms in total. The Balaban J connectivity index is 1.70. The molecule has 1 fully saturated rings. The van der Waals surface area contributed by atoms with E-state index in [1.807, 2.05) is 4.90 Å². The van der Waals surface area contributed by atoms with Gasteiger partial charge in [0.15, 0.2) is 0 Å². The molecule has 1 aromatic heterocycles. The van der Waals surface area contributed by atoms with Crippen LogP contribution in [0.5, 0.6) is 0 Å². The van der Waals surface area contributed by atoms with Crippen LogP contribution in [0.4, 0.5) is 9.39 Å². The minimum atomic E-state index is -0.558. The number of thiophene rings is 1. The summed E-state index contributed by atoms with van der Waals surface area (Å²) in [6.45, 7) is 10.5. The number of fused-ring (bicyclic) bond motifs is 1. The molecule has 0 unspecified atom stereocenters. The van der Waals surface area contributed by atoms with Gasteiger partial charge in [-0.3, -0.25) is 9.59 Å². The van der Waals surface area contributed by atoms with Crippen molar-refractivity contribution < 1.29 is 14.0 Å². The molecule has 0 radical (unpaired) electrons. The number of piperidine rings is 1. The van der Waals surface area contributed by atoms with Crippen LogP contribution >= 0.6 is 11.3 Å². The zero-order chi connectivity index (χ0) is 23.0. The summed E-state index contributed by atoms with van der Waals surface area (Å²) in [6.07, 6.45) is 4.92. The van der Waals surface area contributed by atoms with Crippen LogP contribution in [0.3, 0.4) is 0 Å². The molecule has 1 aliphatic heterocycles. The highest BCUT2D eigenvalue weighted by Crippen LogP contribution is 2.45. The molecule has 1 aromatic carbocycles. The van der Waals surface area contributed by atoms with E-state index >= 15 is 0 Å². The van der Waals surface area contributed by atoms with Crippen LogP contribution in [-0.4, -0.2) is 29.8 Å². The number of halogens is 1. The molecular formula is C26H33FN2O2S. The maximum atomic E-state index is 14.2. The Bertz CT molecular complexity index is 1020. The van der Waals surface area contributed by atoms with Crippen molar-refractivity contribution in [1.82, 2.24) is 4.90 Å². The van der Waals surface area contributed by atoms with Gasteiger partial charge < -0.3 is 10.2 Å². The summed E-state index contributed by atoms with van der Waals surface area (Å²) in [5, 5.41) is 3.47. The van der Waals surface area contributed by atoms with E-state index in [-0.39, 0.29) is 16.9 Å². The first-order valence-electron chi connectivity index (χ1n) is 11.6. The number of likely N-dealkylation sites (tertiary alicyclic amines) is 1. The summed E-state index contributed by atoms with van der Waals surface area (Å²) in [4.78, 5) is 29.7. The van der Waals surface area contributed by atoms with Crippen LogP contribution < -0.4 is 5.32 Å². The minimum Gasteiger partial charge on any atom is -0.338 e. The van der Waals surface area contributed by atoms with Crippen LogP contribution in [0.1, 0.15) is 78.1 Å². The first-order chi connectivity index (χ1) is 15.1. The molecule has 2 atom stereocenters. The lowest BCUT2D eigenvalue weighted by Gasteiger charge is -2.34. The number of amides is 2. The lowest BCUT2D eigenvalue weighted by Crippen LogP contribution is -2.39. The Morgan fingerprint density at radius 2 is 1.94 bits per heavy atom. The summed E-state index contributed by atoms with van der Waals surface area (Å²) in [5.41, 5.74) is 1.90. The van der Waals surface area contributed by atoms with E-state index in [9.17, 15) is 14.0 Å². The smallest absolute Gasteiger partial charge is 0.259 e. The maximum Gasteiger partial charge on any atom is 0.259 e. The predicted octanol–water partition coefficient (Wildman–Crippen LogP) is 6.16. The molecule has 2 amide bonds. The molecule has 1 N–H and O–H groups in total. The number of nitrogens with zero attached hydrogens (tertiary/aromatic N) is 1. The van der Waals surface area contributed by atoms with E-state index in [4.69, 9.17) is 0 Å². The Kier molecular flexibility index (Phi) is 6.44. The number of nitrogens with one attached hydrogen (secondary N) is 1. The van der Waals surface area contributed by atoms with Crippen LogP contribution in [0.25, 0.3) is 0 Å². The second kappa shape index (κ2) is 8.97. The van der Waals surface area contributed by atoms with Crippen LogP contribution in [-0.2, 0) is 12.8 Å². The summed E-state index contributed by atoms with van der Waals surface area (Å²) < 4.78 is 14.2. The fourth-order valence-corrected chi connectivity index (χ4v) is 6.30. The Labute approximate surface area is 194 Å². The van der Waals surface area contributed by atoms with Gasteiger partial charge in [-0.25, -0.2) is 4.39 Å². The molecule has 0 bridgehead atoms. The van der Waals surface area contributed by atoms with Crippen molar-refractivity contribution in [1.29, 1.82) is 0 Å². The fourth-order valence-electron chi connectivity index (χ4n) is 4.99. The fraction of sp³-hybridized carbons (Fsp3) is 0.538. The van der Waals surface area contributed by atoms with Gasteiger partial charge in [0.25, 0.3) is 11.8 Å². The average Bonchev–Trinajstić information content (AvgIpc) is 3.09. The van der Waals surface area contributed by atoms with Crippen LogP contribution in [0.15, 0.2) is 24.3 Å². The minimum absolute atomic E-state index is 0.00330. The van der Waals surface area contributed by atoms with E-state index in [1.165, 1.54) is 28.3 Å². The zero-order valence-corrected chi connectivity index (χ0v) is 20.3. The van der Waals surface area contributed by atoms with Gasteiger partial charge in [-0.15, -0.1) is 11.3 Å². The van der Waals surface area contributed by atoms with E-state index in [0.717, 1.165) is 50.8 Å². The third-order valence-electron chi connectivity index (χ3n) is 6.99. The van der Waals surface area contributed by atoms with Crippen molar-refractivity contribution in [3.05, 3.63) is 51.7 Å². The highest BCUT2D eigenvalue weighted by molar-refractivity contribution is 7.17. The van der Waals surface area contributed by atoms with E-state index in [1.54, 1.807) is 12.1 Å². The Hall–Kier alpha value is -2.21. The molecule has 2 aromatic rings. The maximum absolute atomic E-state index is 14.2. The number of anilines is 1. The number of hydrogen-bond acceptors (Lipinski definition) is 3. The third-order valence-corrected chi connectivity index (χ3v) is 8.16. The van der Waals surface area contributed by atoms with Crippen molar-refractivity contribution in [2.24, 2.45) is 17.3 Å². The van der Waals surface area contributed by atoms with Crippen LogP contribution in [0.2, 0.25) is 0 Å². The molecule has 2 aliphatic rings. The summed E-state index contributed by atoms with van der Waals surface area (Å²) in [7, 11) is 0. The molecule has 2 heterocycles. The second-order valence-electron chi connectivity index (χ2n) is 10.4. The molecule has 0 saturated carbocycles. The third kappa shape index (κ3) is 4.61. The number of hydrogen-bond donors (Lipinski definition) is 1. The molecule has 1 saturated heterocycles.